The normalized spacial score (nSPS) is 18.9. The lowest BCUT2D eigenvalue weighted by atomic mass is 10.3. The Bertz CT molecular complexity index is 944. The maximum Gasteiger partial charge on any atom is 0.225 e. The lowest BCUT2D eigenvalue weighted by molar-refractivity contribution is 0.414. The van der Waals surface area contributed by atoms with Crippen molar-refractivity contribution in [2.45, 2.75) is 12.5 Å². The number of hydrogen-bond acceptors (Lipinski definition) is 7. The molecule has 1 unspecified atom stereocenters. The van der Waals surface area contributed by atoms with E-state index < -0.39 is 11.2 Å². The van der Waals surface area contributed by atoms with Crippen LogP contribution in [0.15, 0.2) is 30.5 Å². The molecule has 11 heteroatoms. The van der Waals surface area contributed by atoms with Gasteiger partial charge >= 0.3 is 0 Å². The number of aromatic nitrogens is 5. The fourth-order valence-electron chi connectivity index (χ4n) is 2.89. The monoisotopic (exact) mass is 374 g/mol. The van der Waals surface area contributed by atoms with Gasteiger partial charge in [-0.2, -0.15) is 9.67 Å². The number of fused-ring (bicyclic) bond motifs is 1. The maximum absolute atomic E-state index is 11.4. The van der Waals surface area contributed by atoms with E-state index in [9.17, 15) is 4.21 Å². The molecule has 1 aromatic carbocycles. The van der Waals surface area contributed by atoms with E-state index in [-0.39, 0.29) is 6.04 Å². The third kappa shape index (κ3) is 3.23. The molecule has 1 aliphatic rings. The van der Waals surface area contributed by atoms with Gasteiger partial charge in [0.15, 0.2) is 22.3 Å². The highest BCUT2D eigenvalue weighted by molar-refractivity contribution is 7.80. The molecule has 2 aromatic heterocycles. The summed E-state index contributed by atoms with van der Waals surface area (Å²) < 4.78 is 19.9. The molecule has 0 aliphatic carbocycles. The smallest absolute Gasteiger partial charge is 0.225 e. The average Bonchev–Trinajstić information content (AvgIpc) is 3.29. The van der Waals surface area contributed by atoms with Gasteiger partial charge < -0.3 is 10.1 Å². The van der Waals surface area contributed by atoms with Crippen molar-refractivity contribution < 1.29 is 8.95 Å². The van der Waals surface area contributed by atoms with Gasteiger partial charge in [0, 0.05) is 19.1 Å². The molecule has 2 atom stereocenters. The van der Waals surface area contributed by atoms with Gasteiger partial charge in [-0.25, -0.2) is 18.6 Å². The predicted octanol–water partition coefficient (Wildman–Crippen LogP) is 0.243. The third-order valence-corrected chi connectivity index (χ3v) is 5.09. The van der Waals surface area contributed by atoms with Crippen LogP contribution in [0.25, 0.3) is 16.9 Å². The van der Waals surface area contributed by atoms with E-state index in [0.29, 0.717) is 30.2 Å². The van der Waals surface area contributed by atoms with Crippen LogP contribution in [-0.2, 0) is 11.2 Å². The molecule has 1 fully saturated rings. The summed E-state index contributed by atoms with van der Waals surface area (Å²) in [5.41, 5.74) is 2.02. The van der Waals surface area contributed by atoms with Crippen molar-refractivity contribution in [3.63, 3.8) is 0 Å². The summed E-state index contributed by atoms with van der Waals surface area (Å²) in [7, 11) is 1.62. The van der Waals surface area contributed by atoms with Crippen molar-refractivity contribution in [2.24, 2.45) is 5.14 Å². The van der Waals surface area contributed by atoms with E-state index in [1.165, 1.54) is 0 Å². The van der Waals surface area contributed by atoms with Crippen LogP contribution >= 0.6 is 0 Å². The number of nitrogens with two attached hydrogens (primary N) is 1. The van der Waals surface area contributed by atoms with Crippen LogP contribution < -0.4 is 15.2 Å². The van der Waals surface area contributed by atoms with Crippen molar-refractivity contribution >= 4 is 28.3 Å². The summed E-state index contributed by atoms with van der Waals surface area (Å²) >= 11 is -1.45. The zero-order chi connectivity index (χ0) is 18.1. The van der Waals surface area contributed by atoms with Crippen molar-refractivity contribution in [1.29, 1.82) is 0 Å². The molecule has 3 aromatic rings. The molecule has 3 heterocycles. The minimum atomic E-state index is -1.45. The van der Waals surface area contributed by atoms with E-state index in [1.807, 2.05) is 24.3 Å². The van der Waals surface area contributed by atoms with Crippen LogP contribution in [0.2, 0.25) is 0 Å². The molecule has 10 nitrogen and oxygen atoms in total. The number of benzene rings is 1. The van der Waals surface area contributed by atoms with Crippen molar-refractivity contribution in [1.82, 2.24) is 29.3 Å². The molecule has 0 radical (unpaired) electrons. The first-order valence-corrected chi connectivity index (χ1v) is 9.21. The van der Waals surface area contributed by atoms with Gasteiger partial charge in [-0.15, -0.1) is 5.10 Å². The third-order valence-electron chi connectivity index (χ3n) is 4.25. The Morgan fingerprint density at radius 1 is 1.35 bits per heavy atom. The van der Waals surface area contributed by atoms with Crippen LogP contribution in [0.5, 0.6) is 5.75 Å². The second-order valence-corrected chi connectivity index (χ2v) is 6.96. The van der Waals surface area contributed by atoms with Crippen LogP contribution in [0.4, 0.5) is 5.95 Å². The van der Waals surface area contributed by atoms with Gasteiger partial charge in [-0.05, 0) is 30.7 Å². The molecule has 26 heavy (non-hydrogen) atoms. The first kappa shape index (κ1) is 16.8. The summed E-state index contributed by atoms with van der Waals surface area (Å²) in [5, 5.41) is 17.0. The molecule has 1 saturated heterocycles. The van der Waals surface area contributed by atoms with Gasteiger partial charge in [0.2, 0.25) is 5.95 Å². The Kier molecular flexibility index (Phi) is 4.49. The quantitative estimate of drug-likeness (QED) is 0.655. The standard InChI is InChI=1S/C15H18N8O2S/c1-25-12-4-2-11(3-5-12)23-14-13(20-21-23)8-17-15(19-14)18-10-6-7-22(9-10)26(16)24/h2-5,8,10H,6-7,9,16H2,1H3,(H,17,18,19)/t10-,26?/m1/s1. The van der Waals surface area contributed by atoms with Crippen molar-refractivity contribution in [3.8, 4) is 11.4 Å². The number of methoxy groups -OCH3 is 1. The topological polar surface area (TPSA) is 124 Å². The molecule has 3 N–H and O–H groups in total. The molecule has 0 saturated carbocycles. The minimum Gasteiger partial charge on any atom is -0.497 e. The van der Waals surface area contributed by atoms with Crippen LogP contribution in [0.1, 0.15) is 6.42 Å². The second-order valence-electron chi connectivity index (χ2n) is 5.90. The SMILES string of the molecule is COc1ccc(-n2nnc3cnc(N[C@@H]4CCN(S(N)=O)C4)nc32)cc1. The minimum absolute atomic E-state index is 0.0882. The van der Waals surface area contributed by atoms with Crippen LogP contribution in [0, 0.1) is 0 Å². The molecule has 0 spiro atoms. The maximum atomic E-state index is 11.4. The van der Waals surface area contributed by atoms with Gasteiger partial charge in [0.1, 0.15) is 5.75 Å². The molecule has 0 bridgehead atoms. The average molecular weight is 374 g/mol. The number of ether oxygens (including phenoxy) is 1. The highest BCUT2D eigenvalue weighted by Crippen LogP contribution is 2.19. The van der Waals surface area contributed by atoms with Gasteiger partial charge in [0.25, 0.3) is 0 Å². The van der Waals surface area contributed by atoms with Crippen molar-refractivity contribution in [3.05, 3.63) is 30.5 Å². The molecule has 1 aliphatic heterocycles. The lowest BCUT2D eigenvalue weighted by Gasteiger charge is -2.13. The van der Waals surface area contributed by atoms with Gasteiger partial charge in [0.05, 0.1) is 19.0 Å². The fraction of sp³-hybridized carbons (Fsp3) is 0.333. The highest BCUT2D eigenvalue weighted by Gasteiger charge is 2.25. The van der Waals surface area contributed by atoms with E-state index in [1.54, 1.807) is 22.3 Å². The van der Waals surface area contributed by atoms with Crippen molar-refractivity contribution in [2.75, 3.05) is 25.5 Å². The Balaban J connectivity index is 1.59. The summed E-state index contributed by atoms with van der Waals surface area (Å²) in [4.78, 5) is 8.84. The molecule has 0 amide bonds. The van der Waals surface area contributed by atoms with Gasteiger partial charge in [-0.3, -0.25) is 0 Å². The highest BCUT2D eigenvalue weighted by atomic mass is 32.2. The summed E-state index contributed by atoms with van der Waals surface area (Å²) in [6.45, 7) is 1.26. The summed E-state index contributed by atoms with van der Waals surface area (Å²) in [6, 6.07) is 7.55. The molecule has 136 valence electrons. The summed E-state index contributed by atoms with van der Waals surface area (Å²) in [5.74, 6) is 1.24. The predicted molar refractivity (Wildman–Crippen MR) is 96.9 cm³/mol. The number of nitrogens with zero attached hydrogens (tertiary/aromatic N) is 6. The first-order valence-electron chi connectivity index (χ1n) is 8.04. The number of rotatable bonds is 5. The Hall–Kier alpha value is -2.63. The zero-order valence-electron chi connectivity index (χ0n) is 14.1. The van der Waals surface area contributed by atoms with E-state index in [4.69, 9.17) is 9.88 Å². The zero-order valence-corrected chi connectivity index (χ0v) is 14.9. The largest absolute Gasteiger partial charge is 0.497 e. The summed E-state index contributed by atoms with van der Waals surface area (Å²) in [6.07, 6.45) is 2.45. The lowest BCUT2D eigenvalue weighted by Crippen LogP contribution is -2.31. The Labute approximate surface area is 152 Å². The first-order chi connectivity index (χ1) is 12.6. The molecular formula is C15H18N8O2S. The number of anilines is 1. The van der Waals surface area contributed by atoms with E-state index in [0.717, 1.165) is 17.9 Å². The fourth-order valence-corrected chi connectivity index (χ4v) is 3.50. The van der Waals surface area contributed by atoms with Crippen LogP contribution in [0.3, 0.4) is 0 Å². The number of hydrogen-bond donors (Lipinski definition) is 2. The molecule has 4 rings (SSSR count). The number of nitrogens with one attached hydrogen (secondary N) is 1. The van der Waals surface area contributed by atoms with Crippen LogP contribution in [-0.4, -0.2) is 59.7 Å². The second kappa shape index (κ2) is 6.94. The Morgan fingerprint density at radius 2 is 2.15 bits per heavy atom. The van der Waals surface area contributed by atoms with E-state index >= 15 is 0 Å². The molecular weight excluding hydrogens is 356 g/mol. The van der Waals surface area contributed by atoms with E-state index in [2.05, 4.69) is 25.6 Å². The Morgan fingerprint density at radius 3 is 2.85 bits per heavy atom. The van der Waals surface area contributed by atoms with Gasteiger partial charge in [-0.1, -0.05) is 5.21 Å².